The summed E-state index contributed by atoms with van der Waals surface area (Å²) in [5, 5.41) is 13.6. The molecule has 0 bridgehead atoms. The number of amides is 2. The van der Waals surface area contributed by atoms with E-state index in [0.717, 1.165) is 0 Å². The van der Waals surface area contributed by atoms with Gasteiger partial charge in [0.05, 0.1) is 12.5 Å². The van der Waals surface area contributed by atoms with Crippen LogP contribution >= 0.6 is 0 Å². The van der Waals surface area contributed by atoms with Crippen molar-refractivity contribution >= 4 is 6.03 Å². The minimum atomic E-state index is -0.215. The maximum atomic E-state index is 11.0. The van der Waals surface area contributed by atoms with E-state index >= 15 is 0 Å². The smallest absolute Gasteiger partial charge is 0.315 e. The molecule has 1 atom stereocenters. The lowest BCUT2D eigenvalue weighted by molar-refractivity contribution is 0.235. The van der Waals surface area contributed by atoms with Crippen molar-refractivity contribution in [2.45, 2.75) is 39.3 Å². The minimum Gasteiger partial charge on any atom is -0.336 e. The molecule has 4 nitrogen and oxygen atoms in total. The van der Waals surface area contributed by atoms with Crippen LogP contribution in [0, 0.1) is 11.3 Å². The molecule has 0 saturated heterocycles. The molecule has 0 fully saturated rings. The predicted octanol–water partition coefficient (Wildman–Crippen LogP) is 0.996. The summed E-state index contributed by atoms with van der Waals surface area (Å²) in [5.41, 5.74) is 0. The van der Waals surface area contributed by atoms with E-state index in [1.54, 1.807) is 6.92 Å². The van der Waals surface area contributed by atoms with E-state index in [0.29, 0.717) is 6.42 Å². The summed E-state index contributed by atoms with van der Waals surface area (Å²) in [4.78, 5) is 11.0. The van der Waals surface area contributed by atoms with Gasteiger partial charge in [-0.3, -0.25) is 0 Å². The van der Waals surface area contributed by atoms with Crippen LogP contribution in [0.5, 0.6) is 0 Å². The number of hydrogen-bond acceptors (Lipinski definition) is 2. The number of rotatable bonds is 3. The number of nitriles is 1. The molecular weight excluding hydrogens is 154 g/mol. The van der Waals surface area contributed by atoms with Crippen LogP contribution in [0.2, 0.25) is 0 Å². The van der Waals surface area contributed by atoms with Crippen LogP contribution in [0.4, 0.5) is 4.79 Å². The quantitative estimate of drug-likeness (QED) is 0.661. The molecule has 0 aromatic heterocycles. The van der Waals surface area contributed by atoms with Gasteiger partial charge < -0.3 is 10.6 Å². The number of carbonyl (C=O) groups is 1. The number of nitrogens with one attached hydrogen (secondary N) is 2. The van der Waals surface area contributed by atoms with E-state index in [1.807, 2.05) is 19.9 Å². The zero-order valence-electron chi connectivity index (χ0n) is 7.72. The van der Waals surface area contributed by atoms with Gasteiger partial charge in [-0.05, 0) is 20.8 Å². The van der Waals surface area contributed by atoms with Gasteiger partial charge in [-0.15, -0.1) is 0 Å². The molecule has 4 heteroatoms. The number of nitrogens with zero attached hydrogens (tertiary/aromatic N) is 1. The third-order valence-electron chi connectivity index (χ3n) is 1.19. The Bertz CT molecular complexity index is 183. The molecule has 0 aliphatic heterocycles. The maximum Gasteiger partial charge on any atom is 0.315 e. The summed E-state index contributed by atoms with van der Waals surface area (Å²) in [7, 11) is 0. The molecule has 2 N–H and O–H groups in total. The highest BCUT2D eigenvalue weighted by molar-refractivity contribution is 5.74. The fourth-order valence-electron chi connectivity index (χ4n) is 0.716. The first-order chi connectivity index (χ1) is 5.56. The molecule has 0 spiro atoms. The Hall–Kier alpha value is -1.24. The van der Waals surface area contributed by atoms with E-state index < -0.39 is 0 Å². The Kier molecular flexibility index (Phi) is 4.86. The van der Waals surface area contributed by atoms with Crippen LogP contribution in [-0.2, 0) is 0 Å². The molecule has 12 heavy (non-hydrogen) atoms. The third-order valence-corrected chi connectivity index (χ3v) is 1.19. The molecule has 0 aromatic carbocycles. The number of hydrogen-bond donors (Lipinski definition) is 2. The van der Waals surface area contributed by atoms with Gasteiger partial charge in [0.15, 0.2) is 0 Å². The van der Waals surface area contributed by atoms with E-state index in [-0.39, 0.29) is 18.1 Å². The highest BCUT2D eigenvalue weighted by Gasteiger charge is 2.06. The van der Waals surface area contributed by atoms with Gasteiger partial charge in [0.1, 0.15) is 0 Å². The van der Waals surface area contributed by atoms with Crippen molar-refractivity contribution in [2.24, 2.45) is 0 Å². The lowest BCUT2D eigenvalue weighted by Gasteiger charge is -2.13. The molecule has 2 amide bonds. The van der Waals surface area contributed by atoms with E-state index in [4.69, 9.17) is 5.26 Å². The maximum absolute atomic E-state index is 11.0. The summed E-state index contributed by atoms with van der Waals surface area (Å²) >= 11 is 0. The Labute approximate surface area is 72.9 Å². The van der Waals surface area contributed by atoms with Gasteiger partial charge in [-0.25, -0.2) is 4.79 Å². The highest BCUT2D eigenvalue weighted by atomic mass is 16.2. The second kappa shape index (κ2) is 5.42. The van der Waals surface area contributed by atoms with Crippen molar-refractivity contribution in [2.75, 3.05) is 0 Å². The fourth-order valence-corrected chi connectivity index (χ4v) is 0.716. The first-order valence-electron chi connectivity index (χ1n) is 4.00. The van der Waals surface area contributed by atoms with Crippen LogP contribution in [0.15, 0.2) is 0 Å². The lowest BCUT2D eigenvalue weighted by atomic mass is 10.2. The van der Waals surface area contributed by atoms with Gasteiger partial charge in [-0.1, -0.05) is 0 Å². The van der Waals surface area contributed by atoms with Gasteiger partial charge in [0, 0.05) is 12.1 Å². The summed E-state index contributed by atoms with van der Waals surface area (Å²) in [5.74, 6) is 0. The van der Waals surface area contributed by atoms with Crippen LogP contribution in [0.25, 0.3) is 0 Å². The largest absolute Gasteiger partial charge is 0.336 e. The van der Waals surface area contributed by atoms with Gasteiger partial charge in [-0.2, -0.15) is 5.26 Å². The Morgan fingerprint density at radius 3 is 2.42 bits per heavy atom. The predicted molar refractivity (Wildman–Crippen MR) is 46.5 cm³/mol. The topological polar surface area (TPSA) is 64.9 Å². The third kappa shape index (κ3) is 5.54. The Balaban J connectivity index is 3.63. The second-order valence-corrected chi connectivity index (χ2v) is 3.04. The lowest BCUT2D eigenvalue weighted by Crippen LogP contribution is -2.43. The molecule has 0 radical (unpaired) electrons. The van der Waals surface area contributed by atoms with E-state index in [2.05, 4.69) is 10.6 Å². The fraction of sp³-hybridized carbons (Fsp3) is 0.750. The number of carbonyl (C=O) groups excluding carboxylic acids is 1. The SMILES string of the molecule is CC(C)NC(=O)NC(C)CC#N. The molecule has 0 aliphatic carbocycles. The summed E-state index contributed by atoms with van der Waals surface area (Å²) in [6, 6.07) is 1.80. The molecule has 0 heterocycles. The Morgan fingerprint density at radius 1 is 1.42 bits per heavy atom. The van der Waals surface area contributed by atoms with Crippen LogP contribution in [0.1, 0.15) is 27.2 Å². The molecule has 68 valence electrons. The average molecular weight is 169 g/mol. The van der Waals surface area contributed by atoms with Crippen LogP contribution in [0.3, 0.4) is 0 Å². The Morgan fingerprint density at radius 2 is 2.00 bits per heavy atom. The van der Waals surface area contributed by atoms with Crippen molar-refractivity contribution in [3.05, 3.63) is 0 Å². The first-order valence-corrected chi connectivity index (χ1v) is 4.00. The van der Waals surface area contributed by atoms with E-state index in [9.17, 15) is 4.79 Å². The van der Waals surface area contributed by atoms with Gasteiger partial charge in [0.25, 0.3) is 0 Å². The van der Waals surface area contributed by atoms with Crippen molar-refractivity contribution in [1.82, 2.24) is 10.6 Å². The molecule has 0 saturated carbocycles. The molecular formula is C8H15N3O. The van der Waals surface area contributed by atoms with Crippen molar-refractivity contribution in [1.29, 1.82) is 5.26 Å². The molecule has 0 aromatic rings. The summed E-state index contributed by atoms with van der Waals surface area (Å²) < 4.78 is 0. The molecule has 1 unspecified atom stereocenters. The summed E-state index contributed by atoms with van der Waals surface area (Å²) in [6.07, 6.45) is 0.339. The monoisotopic (exact) mass is 169 g/mol. The average Bonchev–Trinajstić information content (AvgIpc) is 1.84. The van der Waals surface area contributed by atoms with Crippen LogP contribution < -0.4 is 10.6 Å². The van der Waals surface area contributed by atoms with Crippen LogP contribution in [-0.4, -0.2) is 18.1 Å². The van der Waals surface area contributed by atoms with Crippen molar-refractivity contribution < 1.29 is 4.79 Å². The zero-order valence-corrected chi connectivity index (χ0v) is 7.72. The second-order valence-electron chi connectivity index (χ2n) is 3.04. The first kappa shape index (κ1) is 10.8. The normalized spacial score (nSPS) is 11.9. The van der Waals surface area contributed by atoms with E-state index in [1.165, 1.54) is 0 Å². The summed E-state index contributed by atoms with van der Waals surface area (Å²) in [6.45, 7) is 5.56. The highest BCUT2D eigenvalue weighted by Crippen LogP contribution is 1.87. The minimum absolute atomic E-state index is 0.0891. The standard InChI is InChI=1S/C8H15N3O/c1-6(2)10-8(12)11-7(3)4-5-9/h6-7H,4H2,1-3H3,(H2,10,11,12). The molecule has 0 aliphatic rings. The van der Waals surface area contributed by atoms with Gasteiger partial charge in [0.2, 0.25) is 0 Å². The van der Waals surface area contributed by atoms with Crippen molar-refractivity contribution in [3.63, 3.8) is 0 Å². The number of urea groups is 1. The van der Waals surface area contributed by atoms with Crippen molar-refractivity contribution in [3.8, 4) is 6.07 Å². The van der Waals surface area contributed by atoms with Gasteiger partial charge >= 0.3 is 6.03 Å². The molecule has 0 rings (SSSR count). The zero-order chi connectivity index (χ0) is 9.56.